The van der Waals surface area contributed by atoms with Crippen molar-refractivity contribution in [2.75, 3.05) is 0 Å². The number of aromatic hydroxyl groups is 3. The van der Waals surface area contributed by atoms with Gasteiger partial charge in [-0.3, -0.25) is 0 Å². The lowest BCUT2D eigenvalue weighted by Gasteiger charge is -2.10. The summed E-state index contributed by atoms with van der Waals surface area (Å²) in [6.07, 6.45) is 0. The SMILES string of the molecule is O=C(O)C(=S)c1cc(O)c2cccc(O)c2c1O. The maximum absolute atomic E-state index is 10.8. The minimum atomic E-state index is -1.39. The first-order chi connectivity index (χ1) is 8.43. The summed E-state index contributed by atoms with van der Waals surface area (Å²) in [5.74, 6) is -2.39. The first-order valence-electron chi connectivity index (χ1n) is 4.87. The molecule has 0 heterocycles. The number of phenolic OH excluding ortho intramolecular Hbond substituents is 3. The molecule has 0 amide bonds. The Labute approximate surface area is 107 Å². The molecule has 0 saturated heterocycles. The summed E-state index contributed by atoms with van der Waals surface area (Å²) >= 11 is 4.65. The third kappa shape index (κ3) is 1.72. The van der Waals surface area contributed by atoms with Crippen molar-refractivity contribution in [3.05, 3.63) is 29.8 Å². The standard InChI is InChI=1S/C12H8O5S/c13-7-3-1-2-5-8(14)4-6(10(15)9(5)7)11(18)12(16)17/h1-4,13-15H,(H,16,17). The van der Waals surface area contributed by atoms with Crippen LogP contribution < -0.4 is 0 Å². The summed E-state index contributed by atoms with van der Waals surface area (Å²) in [6.45, 7) is 0. The molecule has 6 heteroatoms. The molecular formula is C12H8O5S. The predicted molar refractivity (Wildman–Crippen MR) is 68.3 cm³/mol. The molecule has 0 spiro atoms. The molecule has 0 atom stereocenters. The fourth-order valence-electron chi connectivity index (χ4n) is 1.71. The molecule has 0 bridgehead atoms. The van der Waals surface area contributed by atoms with E-state index in [1.807, 2.05) is 0 Å². The monoisotopic (exact) mass is 264 g/mol. The average molecular weight is 264 g/mol. The third-order valence-corrected chi connectivity index (χ3v) is 2.92. The topological polar surface area (TPSA) is 98.0 Å². The van der Waals surface area contributed by atoms with E-state index in [-0.39, 0.29) is 27.8 Å². The van der Waals surface area contributed by atoms with E-state index in [0.29, 0.717) is 0 Å². The number of carboxylic acid groups (broad SMARTS) is 1. The zero-order valence-electron chi connectivity index (χ0n) is 8.91. The number of benzene rings is 2. The molecule has 0 saturated carbocycles. The van der Waals surface area contributed by atoms with Crippen molar-refractivity contribution in [2.45, 2.75) is 0 Å². The van der Waals surface area contributed by atoms with Crippen LogP contribution in [0.25, 0.3) is 10.8 Å². The first-order valence-corrected chi connectivity index (χ1v) is 5.28. The lowest BCUT2D eigenvalue weighted by Crippen LogP contribution is -2.11. The van der Waals surface area contributed by atoms with Crippen LogP contribution in [0, 0.1) is 0 Å². The highest BCUT2D eigenvalue weighted by atomic mass is 32.1. The molecule has 0 unspecified atom stereocenters. The van der Waals surface area contributed by atoms with Crippen LogP contribution in [-0.4, -0.2) is 31.3 Å². The van der Waals surface area contributed by atoms with Crippen LogP contribution in [0.4, 0.5) is 0 Å². The lowest BCUT2D eigenvalue weighted by atomic mass is 10.0. The van der Waals surface area contributed by atoms with Gasteiger partial charge in [-0.2, -0.15) is 0 Å². The number of hydrogen-bond acceptors (Lipinski definition) is 5. The van der Waals surface area contributed by atoms with Gasteiger partial charge in [0.05, 0.1) is 5.39 Å². The van der Waals surface area contributed by atoms with Gasteiger partial charge in [-0.15, -0.1) is 0 Å². The number of rotatable bonds is 2. The van der Waals surface area contributed by atoms with Gasteiger partial charge in [0.15, 0.2) is 0 Å². The summed E-state index contributed by atoms with van der Waals surface area (Å²) in [5.41, 5.74) is -0.205. The number of phenols is 3. The molecule has 0 aliphatic carbocycles. The van der Waals surface area contributed by atoms with Crippen LogP contribution in [0.2, 0.25) is 0 Å². The molecule has 0 aromatic heterocycles. The lowest BCUT2D eigenvalue weighted by molar-refractivity contribution is -0.129. The molecule has 0 radical (unpaired) electrons. The van der Waals surface area contributed by atoms with Crippen LogP contribution in [0.15, 0.2) is 24.3 Å². The van der Waals surface area contributed by atoms with Crippen LogP contribution in [0.3, 0.4) is 0 Å². The van der Waals surface area contributed by atoms with E-state index in [4.69, 9.17) is 5.11 Å². The highest BCUT2D eigenvalue weighted by molar-refractivity contribution is 7.82. The van der Waals surface area contributed by atoms with Crippen molar-refractivity contribution in [2.24, 2.45) is 0 Å². The van der Waals surface area contributed by atoms with E-state index in [0.717, 1.165) is 6.07 Å². The number of carboxylic acids is 1. The predicted octanol–water partition coefficient (Wildman–Crippen LogP) is 1.76. The quantitative estimate of drug-likeness (QED) is 0.375. The highest BCUT2D eigenvalue weighted by Gasteiger charge is 2.20. The van der Waals surface area contributed by atoms with Crippen molar-refractivity contribution in [3.8, 4) is 17.2 Å². The van der Waals surface area contributed by atoms with Crippen LogP contribution in [0.1, 0.15) is 5.56 Å². The molecule has 92 valence electrons. The van der Waals surface area contributed by atoms with Gasteiger partial charge in [0.2, 0.25) is 0 Å². The van der Waals surface area contributed by atoms with E-state index < -0.39 is 16.6 Å². The zero-order chi connectivity index (χ0) is 13.4. The summed E-state index contributed by atoms with van der Waals surface area (Å²) < 4.78 is 0. The van der Waals surface area contributed by atoms with E-state index in [9.17, 15) is 20.1 Å². The summed E-state index contributed by atoms with van der Waals surface area (Å²) in [6, 6.07) is 5.35. The first kappa shape index (κ1) is 12.1. The largest absolute Gasteiger partial charge is 0.507 e. The van der Waals surface area contributed by atoms with Crippen LogP contribution >= 0.6 is 12.2 Å². The van der Waals surface area contributed by atoms with Gasteiger partial charge in [-0.05, 0) is 12.1 Å². The van der Waals surface area contributed by atoms with Crippen molar-refractivity contribution in [1.82, 2.24) is 0 Å². The average Bonchev–Trinajstić information content (AvgIpc) is 2.32. The fraction of sp³-hybridized carbons (Fsp3) is 0. The van der Waals surface area contributed by atoms with E-state index in [1.54, 1.807) is 0 Å². The van der Waals surface area contributed by atoms with Gasteiger partial charge >= 0.3 is 5.97 Å². The van der Waals surface area contributed by atoms with Gasteiger partial charge < -0.3 is 20.4 Å². The minimum absolute atomic E-state index is 0.0314. The molecule has 4 N–H and O–H groups in total. The molecule has 0 aliphatic heterocycles. The number of fused-ring (bicyclic) bond motifs is 1. The Balaban J connectivity index is 2.88. The van der Waals surface area contributed by atoms with E-state index in [1.165, 1.54) is 18.2 Å². The second-order valence-corrected chi connectivity index (χ2v) is 4.03. The number of aliphatic carboxylic acids is 1. The maximum atomic E-state index is 10.8. The van der Waals surface area contributed by atoms with Crippen molar-refractivity contribution in [3.63, 3.8) is 0 Å². The van der Waals surface area contributed by atoms with Crippen LogP contribution in [0.5, 0.6) is 17.2 Å². The highest BCUT2D eigenvalue weighted by Crippen LogP contribution is 2.40. The Morgan fingerprint density at radius 3 is 2.39 bits per heavy atom. The van der Waals surface area contributed by atoms with Crippen molar-refractivity contribution in [1.29, 1.82) is 0 Å². The van der Waals surface area contributed by atoms with Crippen molar-refractivity contribution < 1.29 is 25.2 Å². The normalized spacial score (nSPS) is 10.4. The summed E-state index contributed by atoms with van der Waals surface area (Å²) in [7, 11) is 0. The number of hydrogen-bond donors (Lipinski definition) is 4. The van der Waals surface area contributed by atoms with Gasteiger partial charge in [0.1, 0.15) is 22.1 Å². The second kappa shape index (κ2) is 4.15. The molecule has 0 fully saturated rings. The zero-order valence-corrected chi connectivity index (χ0v) is 9.73. The maximum Gasteiger partial charge on any atom is 0.347 e. The van der Waals surface area contributed by atoms with Crippen molar-refractivity contribution >= 4 is 33.8 Å². The molecule has 18 heavy (non-hydrogen) atoms. The Morgan fingerprint density at radius 1 is 1.11 bits per heavy atom. The molecule has 5 nitrogen and oxygen atoms in total. The van der Waals surface area contributed by atoms with Gasteiger partial charge in [-0.1, -0.05) is 24.4 Å². The number of thiocarbonyl (C=S) groups is 1. The van der Waals surface area contributed by atoms with Crippen LogP contribution in [-0.2, 0) is 4.79 Å². The Kier molecular flexibility index (Phi) is 2.80. The molecule has 0 aliphatic rings. The Bertz CT molecular complexity index is 678. The summed E-state index contributed by atoms with van der Waals surface area (Å²) in [5, 5.41) is 38.3. The van der Waals surface area contributed by atoms with E-state index in [2.05, 4.69) is 12.2 Å². The Hall–Kier alpha value is -2.34. The molecule has 2 aromatic rings. The molecule has 2 aromatic carbocycles. The summed E-state index contributed by atoms with van der Waals surface area (Å²) in [4.78, 5) is 10.3. The van der Waals surface area contributed by atoms with Gasteiger partial charge in [0.25, 0.3) is 0 Å². The smallest absolute Gasteiger partial charge is 0.347 e. The van der Waals surface area contributed by atoms with Gasteiger partial charge in [0, 0.05) is 10.9 Å². The second-order valence-electron chi connectivity index (χ2n) is 3.63. The molecular weight excluding hydrogens is 256 g/mol. The van der Waals surface area contributed by atoms with E-state index >= 15 is 0 Å². The van der Waals surface area contributed by atoms with Gasteiger partial charge in [-0.25, -0.2) is 4.79 Å². The Morgan fingerprint density at radius 2 is 1.78 bits per heavy atom. The minimum Gasteiger partial charge on any atom is -0.507 e. The number of carbonyl (C=O) groups is 1. The third-order valence-electron chi connectivity index (χ3n) is 2.53. The fourth-order valence-corrected chi connectivity index (χ4v) is 1.86. The molecule has 2 rings (SSSR count).